The standard InChI is InChI=1S/C8H14O2S7/c1-9-7(11)16-14-5-3-13-4-6-15-17-8(12)10-2/h3-6H2,1-2H3. The van der Waals surface area contributed by atoms with Crippen LogP contribution in [0.25, 0.3) is 0 Å². The Morgan fingerprint density at radius 2 is 1.24 bits per heavy atom. The lowest BCUT2D eigenvalue weighted by Gasteiger charge is -2.02. The SMILES string of the molecule is COC(=S)SSCCSCCSSC(=S)OC. The van der Waals surface area contributed by atoms with E-state index in [1.165, 1.54) is 21.6 Å². The zero-order valence-corrected chi connectivity index (χ0v) is 15.2. The van der Waals surface area contributed by atoms with Crippen LogP contribution in [0.4, 0.5) is 0 Å². The fourth-order valence-electron chi connectivity index (χ4n) is 0.536. The van der Waals surface area contributed by atoms with Crippen LogP contribution in [0.2, 0.25) is 0 Å². The van der Waals surface area contributed by atoms with Crippen molar-refractivity contribution in [1.29, 1.82) is 0 Å². The Morgan fingerprint density at radius 3 is 1.59 bits per heavy atom. The summed E-state index contributed by atoms with van der Waals surface area (Å²) in [5.74, 6) is 4.41. The molecule has 0 unspecified atom stereocenters. The van der Waals surface area contributed by atoms with Gasteiger partial charge in [-0.3, -0.25) is 0 Å². The smallest absolute Gasteiger partial charge is 0.230 e. The fraction of sp³-hybridized carbons (Fsp3) is 0.750. The highest BCUT2D eigenvalue weighted by molar-refractivity contribution is 8.84. The van der Waals surface area contributed by atoms with Crippen LogP contribution in [-0.4, -0.2) is 46.0 Å². The fourth-order valence-corrected chi connectivity index (χ4v) is 6.30. The van der Waals surface area contributed by atoms with Gasteiger partial charge in [-0.25, -0.2) is 0 Å². The average Bonchev–Trinajstić information content (AvgIpc) is 2.35. The Balaban J connectivity index is 3.08. The van der Waals surface area contributed by atoms with Gasteiger partial charge in [0.2, 0.25) is 8.77 Å². The van der Waals surface area contributed by atoms with Gasteiger partial charge in [0.1, 0.15) is 0 Å². The van der Waals surface area contributed by atoms with Gasteiger partial charge in [0.25, 0.3) is 0 Å². The lowest BCUT2D eigenvalue weighted by molar-refractivity contribution is 0.426. The minimum atomic E-state index is 0.597. The van der Waals surface area contributed by atoms with Crippen molar-refractivity contribution in [1.82, 2.24) is 0 Å². The molecule has 0 fully saturated rings. The zero-order valence-electron chi connectivity index (χ0n) is 9.50. The number of thiocarbonyl (C=S) groups is 2. The van der Waals surface area contributed by atoms with E-state index >= 15 is 0 Å². The number of thioether (sulfide) groups is 1. The summed E-state index contributed by atoms with van der Waals surface area (Å²) < 4.78 is 11.0. The average molecular weight is 367 g/mol. The molecule has 9 heteroatoms. The minimum Gasteiger partial charge on any atom is -0.481 e. The van der Waals surface area contributed by atoms with E-state index in [1.807, 2.05) is 11.8 Å². The normalized spacial score (nSPS) is 10.0. The van der Waals surface area contributed by atoms with Gasteiger partial charge in [-0.1, -0.05) is 21.6 Å². The van der Waals surface area contributed by atoms with Gasteiger partial charge in [-0.15, -0.1) is 0 Å². The Hall–Kier alpha value is 1.53. The lowest BCUT2D eigenvalue weighted by atomic mass is 10.9. The van der Waals surface area contributed by atoms with Gasteiger partial charge < -0.3 is 9.47 Å². The Bertz CT molecular complexity index is 202. The molecule has 0 N–H and O–H groups in total. The summed E-state index contributed by atoms with van der Waals surface area (Å²) in [4.78, 5) is 0. The molecule has 0 saturated carbocycles. The number of methoxy groups -OCH3 is 2. The second-order valence-electron chi connectivity index (χ2n) is 2.33. The predicted molar refractivity (Wildman–Crippen MR) is 96.6 cm³/mol. The third kappa shape index (κ3) is 13.8. The van der Waals surface area contributed by atoms with Gasteiger partial charge in [-0.2, -0.15) is 11.8 Å². The van der Waals surface area contributed by atoms with E-state index in [2.05, 4.69) is 0 Å². The molecule has 0 aliphatic carbocycles. The molecule has 0 aromatic carbocycles. The number of rotatable bonds is 8. The Morgan fingerprint density at radius 1 is 0.824 bits per heavy atom. The van der Waals surface area contributed by atoms with Crippen LogP contribution < -0.4 is 0 Å². The number of hydrogen-bond acceptors (Lipinski definition) is 9. The van der Waals surface area contributed by atoms with Crippen LogP contribution in [0, 0.1) is 0 Å². The summed E-state index contributed by atoms with van der Waals surface area (Å²) in [5.41, 5.74) is 0. The monoisotopic (exact) mass is 366 g/mol. The molecule has 0 amide bonds. The molecule has 0 saturated heterocycles. The first-order chi connectivity index (χ1) is 8.20. The highest BCUT2D eigenvalue weighted by Crippen LogP contribution is 2.26. The first-order valence-electron chi connectivity index (χ1n) is 4.53. The molecular weight excluding hydrogens is 353 g/mol. The summed E-state index contributed by atoms with van der Waals surface area (Å²) >= 11 is 11.8. The summed E-state index contributed by atoms with van der Waals surface area (Å²) in [6.45, 7) is 0. The van der Waals surface area contributed by atoms with E-state index in [0.29, 0.717) is 8.77 Å². The molecule has 0 aliphatic rings. The van der Waals surface area contributed by atoms with E-state index in [4.69, 9.17) is 33.9 Å². The van der Waals surface area contributed by atoms with E-state index < -0.39 is 0 Å². The van der Waals surface area contributed by atoms with Gasteiger partial charge >= 0.3 is 0 Å². The molecule has 100 valence electrons. The van der Waals surface area contributed by atoms with Gasteiger partial charge in [-0.05, 0) is 46.0 Å². The predicted octanol–water partition coefficient (Wildman–Crippen LogP) is 4.35. The Labute approximate surface area is 134 Å². The van der Waals surface area contributed by atoms with Gasteiger partial charge in [0.15, 0.2) is 0 Å². The van der Waals surface area contributed by atoms with E-state index in [1.54, 1.807) is 35.8 Å². The minimum absolute atomic E-state index is 0.597. The van der Waals surface area contributed by atoms with E-state index in [9.17, 15) is 0 Å². The van der Waals surface area contributed by atoms with Gasteiger partial charge in [0.05, 0.1) is 14.2 Å². The summed E-state index contributed by atoms with van der Waals surface area (Å²) in [5, 5.41) is 0. The molecule has 0 radical (unpaired) electrons. The third-order valence-corrected chi connectivity index (χ3v) is 8.38. The van der Waals surface area contributed by atoms with Crippen LogP contribution in [-0.2, 0) is 9.47 Å². The molecule has 0 aliphatic heterocycles. The highest BCUT2D eigenvalue weighted by atomic mass is 33.1. The molecule has 17 heavy (non-hydrogen) atoms. The maximum absolute atomic E-state index is 4.91. The van der Waals surface area contributed by atoms with Crippen LogP contribution >= 0.6 is 79.4 Å². The Kier molecular flexibility index (Phi) is 15.2. The molecule has 0 bridgehead atoms. The largest absolute Gasteiger partial charge is 0.481 e. The summed E-state index contributed by atoms with van der Waals surface area (Å²) in [6, 6.07) is 0. The second-order valence-corrected chi connectivity index (χ2v) is 9.59. The number of hydrogen-bond donors (Lipinski definition) is 0. The van der Waals surface area contributed by atoms with Crippen LogP contribution in [0.1, 0.15) is 0 Å². The van der Waals surface area contributed by atoms with Crippen molar-refractivity contribution in [2.24, 2.45) is 0 Å². The molecular formula is C8H14O2S7. The molecule has 0 aromatic heterocycles. The van der Waals surface area contributed by atoms with Gasteiger partial charge in [0, 0.05) is 23.0 Å². The zero-order chi connectivity index (χ0) is 12.9. The quantitative estimate of drug-likeness (QED) is 0.351. The van der Waals surface area contributed by atoms with Crippen LogP contribution in [0.5, 0.6) is 0 Å². The summed E-state index contributed by atoms with van der Waals surface area (Å²) in [6.07, 6.45) is 0. The number of ether oxygens (including phenoxy) is 2. The second kappa shape index (κ2) is 14.0. The van der Waals surface area contributed by atoms with Crippen molar-refractivity contribution in [2.75, 3.05) is 37.2 Å². The molecule has 0 spiro atoms. The van der Waals surface area contributed by atoms with Crippen LogP contribution in [0.3, 0.4) is 0 Å². The van der Waals surface area contributed by atoms with Crippen molar-refractivity contribution in [3.63, 3.8) is 0 Å². The van der Waals surface area contributed by atoms with Crippen molar-refractivity contribution in [3.05, 3.63) is 0 Å². The first kappa shape index (κ1) is 18.5. The maximum atomic E-state index is 4.91. The topological polar surface area (TPSA) is 18.5 Å². The summed E-state index contributed by atoms with van der Waals surface area (Å²) in [7, 11) is 9.71. The molecule has 0 rings (SSSR count). The van der Waals surface area contributed by atoms with Crippen molar-refractivity contribution in [2.45, 2.75) is 0 Å². The van der Waals surface area contributed by atoms with Crippen LogP contribution in [0.15, 0.2) is 0 Å². The molecule has 0 aromatic rings. The van der Waals surface area contributed by atoms with E-state index in [0.717, 1.165) is 23.0 Å². The highest BCUT2D eigenvalue weighted by Gasteiger charge is 1.98. The van der Waals surface area contributed by atoms with E-state index in [-0.39, 0.29) is 0 Å². The lowest BCUT2D eigenvalue weighted by Crippen LogP contribution is -1.91. The molecule has 0 atom stereocenters. The first-order valence-corrected chi connectivity index (χ1v) is 11.1. The van der Waals surface area contributed by atoms with Crippen molar-refractivity contribution in [3.8, 4) is 0 Å². The molecule has 2 nitrogen and oxygen atoms in total. The van der Waals surface area contributed by atoms with Crippen molar-refractivity contribution < 1.29 is 9.47 Å². The molecule has 0 heterocycles. The maximum Gasteiger partial charge on any atom is 0.230 e. The van der Waals surface area contributed by atoms with Crippen molar-refractivity contribution >= 4 is 88.1 Å². The third-order valence-electron chi connectivity index (χ3n) is 1.21.